The molecule has 1 nitrogen and oxygen atoms in total. The van der Waals surface area contributed by atoms with Crippen LogP contribution in [0.25, 0.3) is 0 Å². The molecule has 0 bridgehead atoms. The van der Waals surface area contributed by atoms with Gasteiger partial charge in [0.15, 0.2) is 5.75 Å². The topological polar surface area (TPSA) is 9.23 Å². The van der Waals surface area contributed by atoms with Crippen LogP contribution in [0.1, 0.15) is 0 Å². The highest BCUT2D eigenvalue weighted by Gasteiger charge is 2.06. The summed E-state index contributed by atoms with van der Waals surface area (Å²) in [5.41, 5.74) is 0. The van der Waals surface area contributed by atoms with Crippen molar-refractivity contribution in [3.63, 3.8) is 0 Å². The lowest BCUT2D eigenvalue weighted by Crippen LogP contribution is -1.89. The zero-order valence-electron chi connectivity index (χ0n) is 5.70. The second-order valence-electron chi connectivity index (χ2n) is 1.90. The summed E-state index contributed by atoms with van der Waals surface area (Å²) in [5.74, 6) is 0.175. The molecule has 0 saturated heterocycles. The Labute approximate surface area is 82.6 Å². The van der Waals surface area contributed by atoms with E-state index in [1.807, 2.05) is 22.6 Å². The highest BCUT2D eigenvalue weighted by Crippen LogP contribution is 2.30. The first kappa shape index (κ1) is 9.06. The number of hydrogen-bond donors (Lipinski definition) is 0. The van der Waals surface area contributed by atoms with Crippen molar-refractivity contribution in [2.45, 2.75) is 0 Å². The standard InChI is InChI=1S/C7H5ClFIO/c1-11-7-5(8)2-4(9)3-6(7)10/h2-3H,1H3. The Hall–Kier alpha value is -0.0300. The van der Waals surface area contributed by atoms with Crippen LogP contribution in [0.4, 0.5) is 4.39 Å². The van der Waals surface area contributed by atoms with E-state index in [-0.39, 0.29) is 5.82 Å². The van der Waals surface area contributed by atoms with E-state index in [0.717, 1.165) is 0 Å². The van der Waals surface area contributed by atoms with E-state index in [4.69, 9.17) is 16.3 Å². The molecule has 0 saturated carbocycles. The van der Waals surface area contributed by atoms with E-state index < -0.39 is 0 Å². The molecule has 0 aliphatic carbocycles. The highest BCUT2D eigenvalue weighted by atomic mass is 127. The number of rotatable bonds is 1. The summed E-state index contributed by atoms with van der Waals surface area (Å²) in [7, 11) is 1.50. The predicted octanol–water partition coefficient (Wildman–Crippen LogP) is 3.09. The fourth-order valence-corrected chi connectivity index (χ4v) is 1.97. The molecule has 0 heterocycles. The van der Waals surface area contributed by atoms with Crippen LogP contribution < -0.4 is 4.74 Å². The molecule has 0 amide bonds. The van der Waals surface area contributed by atoms with Crippen LogP contribution in [-0.2, 0) is 0 Å². The van der Waals surface area contributed by atoms with Crippen molar-refractivity contribution in [1.29, 1.82) is 0 Å². The van der Waals surface area contributed by atoms with Crippen molar-refractivity contribution in [3.8, 4) is 5.75 Å². The van der Waals surface area contributed by atoms with Crippen molar-refractivity contribution >= 4 is 34.2 Å². The summed E-state index contributed by atoms with van der Waals surface area (Å²) in [5, 5.41) is 0.303. The van der Waals surface area contributed by atoms with Gasteiger partial charge in [0.05, 0.1) is 15.7 Å². The molecule has 4 heteroatoms. The minimum atomic E-state index is -0.347. The molecule has 0 aromatic heterocycles. The van der Waals surface area contributed by atoms with Crippen LogP contribution in [0.15, 0.2) is 12.1 Å². The third kappa shape index (κ3) is 1.96. The first-order valence-electron chi connectivity index (χ1n) is 2.83. The lowest BCUT2D eigenvalue weighted by Gasteiger charge is -2.04. The fraction of sp³-hybridized carbons (Fsp3) is 0.143. The maximum absolute atomic E-state index is 12.6. The van der Waals surface area contributed by atoms with Gasteiger partial charge in [-0.1, -0.05) is 11.6 Å². The second-order valence-corrected chi connectivity index (χ2v) is 3.47. The number of hydrogen-bond acceptors (Lipinski definition) is 1. The molecular formula is C7H5ClFIO. The van der Waals surface area contributed by atoms with E-state index in [2.05, 4.69) is 0 Å². The zero-order chi connectivity index (χ0) is 8.43. The van der Waals surface area contributed by atoms with Gasteiger partial charge >= 0.3 is 0 Å². The maximum atomic E-state index is 12.6. The summed E-state index contributed by atoms with van der Waals surface area (Å²) < 4.78 is 18.2. The van der Waals surface area contributed by atoms with Crippen LogP contribution in [0.5, 0.6) is 5.75 Å². The predicted molar refractivity (Wildman–Crippen MR) is 50.7 cm³/mol. The Morgan fingerprint density at radius 3 is 2.64 bits per heavy atom. The molecule has 0 unspecified atom stereocenters. The number of halogens is 3. The number of benzene rings is 1. The molecule has 0 N–H and O–H groups in total. The van der Waals surface area contributed by atoms with Crippen molar-refractivity contribution in [2.24, 2.45) is 0 Å². The average Bonchev–Trinajstić information content (AvgIpc) is 1.85. The van der Waals surface area contributed by atoms with Gasteiger partial charge < -0.3 is 4.74 Å². The Bertz CT molecular complexity index is 254. The minimum Gasteiger partial charge on any atom is -0.494 e. The molecule has 0 radical (unpaired) electrons. The normalized spacial score (nSPS) is 9.82. The summed E-state index contributed by atoms with van der Waals surface area (Å²) in [6, 6.07) is 2.59. The largest absolute Gasteiger partial charge is 0.494 e. The van der Waals surface area contributed by atoms with Gasteiger partial charge in [0.25, 0.3) is 0 Å². The van der Waals surface area contributed by atoms with Gasteiger partial charge in [0.1, 0.15) is 5.82 Å². The van der Waals surface area contributed by atoms with Crippen molar-refractivity contribution in [1.82, 2.24) is 0 Å². The van der Waals surface area contributed by atoms with Gasteiger partial charge in [-0.2, -0.15) is 0 Å². The number of ether oxygens (including phenoxy) is 1. The van der Waals surface area contributed by atoms with Crippen molar-refractivity contribution in [2.75, 3.05) is 7.11 Å². The average molecular weight is 286 g/mol. The Morgan fingerprint density at radius 2 is 2.18 bits per heavy atom. The second kappa shape index (κ2) is 3.58. The molecule has 1 aromatic rings. The van der Waals surface area contributed by atoms with E-state index in [0.29, 0.717) is 14.3 Å². The van der Waals surface area contributed by atoms with Crippen molar-refractivity contribution < 1.29 is 9.13 Å². The monoisotopic (exact) mass is 286 g/mol. The lowest BCUT2D eigenvalue weighted by molar-refractivity contribution is 0.411. The third-order valence-electron chi connectivity index (χ3n) is 1.17. The Morgan fingerprint density at radius 1 is 1.55 bits per heavy atom. The quantitative estimate of drug-likeness (QED) is 0.721. The maximum Gasteiger partial charge on any atom is 0.150 e. The Balaban J connectivity index is 3.25. The van der Waals surface area contributed by atoms with E-state index in [9.17, 15) is 4.39 Å². The molecule has 11 heavy (non-hydrogen) atoms. The van der Waals surface area contributed by atoms with Gasteiger partial charge in [-0.05, 0) is 34.7 Å². The molecule has 0 aliphatic heterocycles. The summed E-state index contributed by atoms with van der Waals surface area (Å²) in [6.45, 7) is 0. The lowest BCUT2D eigenvalue weighted by atomic mass is 10.3. The first-order chi connectivity index (χ1) is 5.15. The van der Waals surface area contributed by atoms with E-state index in [1.54, 1.807) is 0 Å². The molecule has 60 valence electrons. The summed E-state index contributed by atoms with van der Waals surface area (Å²) >= 11 is 7.63. The van der Waals surface area contributed by atoms with E-state index >= 15 is 0 Å². The molecule has 1 rings (SSSR count). The van der Waals surface area contributed by atoms with Crippen molar-refractivity contribution in [3.05, 3.63) is 26.5 Å². The summed E-state index contributed by atoms with van der Waals surface area (Å²) in [6.07, 6.45) is 0. The van der Waals surface area contributed by atoms with E-state index in [1.165, 1.54) is 19.2 Å². The SMILES string of the molecule is COc1c(Cl)cc(F)cc1I. The van der Waals surface area contributed by atoms with Gasteiger partial charge in [-0.15, -0.1) is 0 Å². The minimum absolute atomic E-state index is 0.303. The zero-order valence-corrected chi connectivity index (χ0v) is 8.61. The molecule has 0 spiro atoms. The van der Waals surface area contributed by atoms with Crippen LogP contribution in [-0.4, -0.2) is 7.11 Å². The van der Waals surface area contributed by atoms with Gasteiger partial charge in [0, 0.05) is 0 Å². The summed E-state index contributed by atoms with van der Waals surface area (Å²) in [4.78, 5) is 0. The molecule has 0 atom stereocenters. The van der Waals surface area contributed by atoms with Gasteiger partial charge in [-0.3, -0.25) is 0 Å². The van der Waals surface area contributed by atoms with Gasteiger partial charge in [-0.25, -0.2) is 4.39 Å². The molecular weight excluding hydrogens is 281 g/mol. The fourth-order valence-electron chi connectivity index (χ4n) is 0.724. The van der Waals surface area contributed by atoms with Crippen LogP contribution >= 0.6 is 34.2 Å². The van der Waals surface area contributed by atoms with Gasteiger partial charge in [0.2, 0.25) is 0 Å². The molecule has 1 aromatic carbocycles. The smallest absolute Gasteiger partial charge is 0.150 e. The first-order valence-corrected chi connectivity index (χ1v) is 4.29. The molecule has 0 aliphatic rings. The Kier molecular flexibility index (Phi) is 2.95. The highest BCUT2D eigenvalue weighted by molar-refractivity contribution is 14.1. The third-order valence-corrected chi connectivity index (χ3v) is 2.25. The number of methoxy groups -OCH3 is 1. The molecule has 0 fully saturated rings. The van der Waals surface area contributed by atoms with Crippen LogP contribution in [0.2, 0.25) is 5.02 Å². The van der Waals surface area contributed by atoms with Crippen LogP contribution in [0.3, 0.4) is 0 Å². The van der Waals surface area contributed by atoms with Crippen LogP contribution in [0, 0.1) is 9.39 Å².